The van der Waals surface area contributed by atoms with E-state index in [2.05, 4.69) is 11.2 Å². The molecular formula is C16H12F3NO. The highest BCUT2D eigenvalue weighted by Gasteiger charge is 2.11. The fourth-order valence-corrected chi connectivity index (χ4v) is 1.79. The van der Waals surface area contributed by atoms with E-state index in [1.807, 2.05) is 0 Å². The van der Waals surface area contributed by atoms with E-state index in [1.165, 1.54) is 0 Å². The molecule has 0 aliphatic carbocycles. The Labute approximate surface area is 120 Å². The molecule has 2 aromatic carbocycles. The van der Waals surface area contributed by atoms with Crippen LogP contribution in [0.4, 0.5) is 18.9 Å². The molecule has 108 valence electrons. The maximum Gasteiger partial charge on any atom is 0.182 e. The summed E-state index contributed by atoms with van der Waals surface area (Å²) in [6, 6.07) is 8.36. The minimum Gasteiger partial charge on any atom is -0.481 e. The minimum absolute atomic E-state index is 0.0972. The Bertz CT molecular complexity index is 680. The van der Waals surface area contributed by atoms with Gasteiger partial charge < -0.3 is 10.1 Å². The van der Waals surface area contributed by atoms with Gasteiger partial charge in [0, 0.05) is 24.2 Å². The highest BCUT2D eigenvalue weighted by molar-refractivity contribution is 5.47. The maximum atomic E-state index is 13.5. The van der Waals surface area contributed by atoms with Gasteiger partial charge in [-0.2, -0.15) is 0 Å². The maximum absolute atomic E-state index is 13.5. The van der Waals surface area contributed by atoms with Crippen molar-refractivity contribution < 1.29 is 17.9 Å². The fraction of sp³-hybridized carbons (Fsp3) is 0.125. The molecule has 21 heavy (non-hydrogen) atoms. The molecule has 0 amide bonds. The average molecular weight is 291 g/mol. The lowest BCUT2D eigenvalue weighted by Crippen LogP contribution is -2.06. The van der Waals surface area contributed by atoms with Crippen LogP contribution in [0, 0.1) is 29.8 Å². The summed E-state index contributed by atoms with van der Waals surface area (Å²) < 4.78 is 45.1. The SMILES string of the molecule is C#CCOc1ccccc1CNc1cc(F)cc(F)c1F. The van der Waals surface area contributed by atoms with Crippen LogP contribution >= 0.6 is 0 Å². The largest absolute Gasteiger partial charge is 0.481 e. The molecule has 0 saturated carbocycles. The predicted octanol–water partition coefficient (Wildman–Crippen LogP) is 3.73. The number of anilines is 1. The van der Waals surface area contributed by atoms with E-state index in [1.54, 1.807) is 24.3 Å². The Morgan fingerprint density at radius 3 is 2.67 bits per heavy atom. The molecule has 0 fully saturated rings. The van der Waals surface area contributed by atoms with Gasteiger partial charge in [-0.15, -0.1) is 6.42 Å². The van der Waals surface area contributed by atoms with Crippen LogP contribution in [0.3, 0.4) is 0 Å². The third-order valence-corrected chi connectivity index (χ3v) is 2.75. The first-order valence-electron chi connectivity index (χ1n) is 6.14. The molecule has 1 N–H and O–H groups in total. The van der Waals surface area contributed by atoms with Crippen LogP contribution in [0.15, 0.2) is 36.4 Å². The van der Waals surface area contributed by atoms with Crippen LogP contribution in [-0.2, 0) is 6.54 Å². The van der Waals surface area contributed by atoms with Crippen molar-refractivity contribution in [3.63, 3.8) is 0 Å². The number of hydrogen-bond donors (Lipinski definition) is 1. The molecular weight excluding hydrogens is 279 g/mol. The first-order chi connectivity index (χ1) is 10.1. The molecule has 0 heterocycles. The summed E-state index contributed by atoms with van der Waals surface area (Å²) in [5.74, 6) is -0.354. The third kappa shape index (κ3) is 3.69. The quantitative estimate of drug-likeness (QED) is 0.669. The highest BCUT2D eigenvalue weighted by atomic mass is 19.2. The van der Waals surface area contributed by atoms with E-state index in [4.69, 9.17) is 11.2 Å². The number of rotatable bonds is 5. The van der Waals surface area contributed by atoms with E-state index in [0.717, 1.165) is 6.07 Å². The summed E-state index contributed by atoms with van der Waals surface area (Å²) >= 11 is 0. The molecule has 0 unspecified atom stereocenters. The number of halogens is 3. The summed E-state index contributed by atoms with van der Waals surface area (Å²) in [4.78, 5) is 0. The van der Waals surface area contributed by atoms with Gasteiger partial charge >= 0.3 is 0 Å². The molecule has 0 radical (unpaired) electrons. The van der Waals surface area contributed by atoms with Gasteiger partial charge in [0.15, 0.2) is 11.6 Å². The summed E-state index contributed by atoms with van der Waals surface area (Å²) in [6.07, 6.45) is 5.12. The molecule has 2 aromatic rings. The van der Waals surface area contributed by atoms with Gasteiger partial charge in [0.1, 0.15) is 18.2 Å². The number of ether oxygens (including phenoxy) is 1. The topological polar surface area (TPSA) is 21.3 Å². The average Bonchev–Trinajstić information content (AvgIpc) is 2.48. The molecule has 2 rings (SSSR count). The van der Waals surface area contributed by atoms with E-state index in [0.29, 0.717) is 17.4 Å². The molecule has 2 nitrogen and oxygen atoms in total. The fourth-order valence-electron chi connectivity index (χ4n) is 1.79. The van der Waals surface area contributed by atoms with E-state index >= 15 is 0 Å². The second-order valence-corrected chi connectivity index (χ2v) is 4.20. The number of nitrogens with one attached hydrogen (secondary N) is 1. The Hall–Kier alpha value is -2.61. The highest BCUT2D eigenvalue weighted by Crippen LogP contribution is 2.23. The van der Waals surface area contributed by atoms with Crippen molar-refractivity contribution in [2.75, 3.05) is 11.9 Å². The van der Waals surface area contributed by atoms with Gasteiger partial charge in [0.2, 0.25) is 0 Å². The third-order valence-electron chi connectivity index (χ3n) is 2.75. The second-order valence-electron chi connectivity index (χ2n) is 4.20. The van der Waals surface area contributed by atoms with Crippen molar-refractivity contribution in [2.45, 2.75) is 6.54 Å². The first-order valence-corrected chi connectivity index (χ1v) is 6.14. The lowest BCUT2D eigenvalue weighted by molar-refractivity contribution is 0.366. The van der Waals surface area contributed by atoms with Gasteiger partial charge in [0.25, 0.3) is 0 Å². The Morgan fingerprint density at radius 2 is 1.90 bits per heavy atom. The van der Waals surface area contributed by atoms with Crippen LogP contribution < -0.4 is 10.1 Å². The van der Waals surface area contributed by atoms with Gasteiger partial charge in [-0.1, -0.05) is 24.1 Å². The normalized spacial score (nSPS) is 10.0. The number of benzene rings is 2. The van der Waals surface area contributed by atoms with Crippen LogP contribution in [0.5, 0.6) is 5.75 Å². The molecule has 0 aromatic heterocycles. The van der Waals surface area contributed by atoms with Gasteiger partial charge in [-0.25, -0.2) is 13.2 Å². The zero-order chi connectivity index (χ0) is 15.2. The Morgan fingerprint density at radius 1 is 1.14 bits per heavy atom. The predicted molar refractivity (Wildman–Crippen MR) is 74.4 cm³/mol. The van der Waals surface area contributed by atoms with Crippen molar-refractivity contribution in [1.29, 1.82) is 0 Å². The van der Waals surface area contributed by atoms with E-state index in [9.17, 15) is 13.2 Å². The van der Waals surface area contributed by atoms with Crippen LogP contribution in [-0.4, -0.2) is 6.61 Å². The molecule has 0 spiro atoms. The monoisotopic (exact) mass is 291 g/mol. The summed E-state index contributed by atoms with van der Waals surface area (Å²) in [5.41, 5.74) is 0.441. The Kier molecular flexibility index (Phi) is 4.72. The van der Waals surface area contributed by atoms with Crippen LogP contribution in [0.2, 0.25) is 0 Å². The number of terminal acetylenes is 1. The van der Waals surface area contributed by atoms with E-state index in [-0.39, 0.29) is 18.8 Å². The van der Waals surface area contributed by atoms with Crippen molar-refractivity contribution in [3.05, 3.63) is 59.4 Å². The minimum atomic E-state index is -1.24. The lowest BCUT2D eigenvalue weighted by atomic mass is 10.2. The summed E-state index contributed by atoms with van der Waals surface area (Å²) in [7, 11) is 0. The van der Waals surface area contributed by atoms with Gasteiger partial charge in [-0.3, -0.25) is 0 Å². The smallest absolute Gasteiger partial charge is 0.182 e. The molecule has 5 heteroatoms. The van der Waals surface area contributed by atoms with Crippen molar-refractivity contribution in [1.82, 2.24) is 0 Å². The molecule has 0 bridgehead atoms. The van der Waals surface area contributed by atoms with Gasteiger partial charge in [-0.05, 0) is 6.07 Å². The second kappa shape index (κ2) is 6.71. The first kappa shape index (κ1) is 14.8. The van der Waals surface area contributed by atoms with Crippen LogP contribution in [0.25, 0.3) is 0 Å². The van der Waals surface area contributed by atoms with Crippen molar-refractivity contribution >= 4 is 5.69 Å². The standard InChI is InChI=1S/C16H12F3NO/c1-2-7-21-15-6-4-3-5-11(15)10-20-14-9-12(17)8-13(18)16(14)19/h1,3-6,8-9,20H,7,10H2. The Balaban J connectivity index is 2.15. The number of hydrogen-bond acceptors (Lipinski definition) is 2. The van der Waals surface area contributed by atoms with Crippen molar-refractivity contribution in [2.24, 2.45) is 0 Å². The van der Waals surface area contributed by atoms with Gasteiger partial charge in [0.05, 0.1) is 5.69 Å². The molecule has 0 atom stereocenters. The molecule has 0 aliphatic rings. The summed E-state index contributed by atoms with van der Waals surface area (Å²) in [5, 5.41) is 2.64. The zero-order valence-electron chi connectivity index (χ0n) is 11.0. The summed E-state index contributed by atoms with van der Waals surface area (Å²) in [6.45, 7) is 0.237. The van der Waals surface area contributed by atoms with E-state index < -0.39 is 17.5 Å². The zero-order valence-corrected chi connectivity index (χ0v) is 11.0. The lowest BCUT2D eigenvalue weighted by Gasteiger charge is -2.12. The van der Waals surface area contributed by atoms with Crippen LogP contribution in [0.1, 0.15) is 5.56 Å². The molecule has 0 aliphatic heterocycles. The molecule has 0 saturated heterocycles. The number of para-hydroxylation sites is 1. The van der Waals surface area contributed by atoms with Crippen molar-refractivity contribution in [3.8, 4) is 18.1 Å².